The molecular weight excluding hydrogens is 411 g/mol. The van der Waals surface area contributed by atoms with Crippen molar-refractivity contribution < 1.29 is 26.8 Å². The van der Waals surface area contributed by atoms with Crippen LogP contribution in [-0.4, -0.2) is 28.5 Å². The summed E-state index contributed by atoms with van der Waals surface area (Å²) in [5, 5.41) is 2.50. The lowest BCUT2D eigenvalue weighted by Gasteiger charge is -2.19. The molecule has 0 spiro atoms. The first-order valence-electron chi connectivity index (χ1n) is 9.05. The summed E-state index contributed by atoms with van der Waals surface area (Å²) >= 11 is 0. The van der Waals surface area contributed by atoms with Gasteiger partial charge in [-0.1, -0.05) is 24.3 Å². The number of hydrogen-bond acceptors (Lipinski definition) is 5. The number of sulfonamides is 1. The fourth-order valence-corrected chi connectivity index (χ4v) is 3.51. The molecule has 3 rings (SSSR count). The molecule has 2 aromatic carbocycles. The third-order valence-corrected chi connectivity index (χ3v) is 5.80. The van der Waals surface area contributed by atoms with Crippen LogP contribution in [0.4, 0.5) is 4.39 Å². The highest BCUT2D eigenvalue weighted by molar-refractivity contribution is 7.89. The number of carbonyl (C=O) groups is 1. The zero-order chi connectivity index (χ0) is 21.7. The Bertz CT molecular complexity index is 1110. The molecule has 1 atom stereocenters. The maximum Gasteiger partial charge on any atom is 0.287 e. The van der Waals surface area contributed by atoms with Gasteiger partial charge in [-0.15, -0.1) is 0 Å². The van der Waals surface area contributed by atoms with Crippen molar-refractivity contribution in [3.8, 4) is 5.75 Å². The molecule has 158 valence electrons. The van der Waals surface area contributed by atoms with E-state index in [4.69, 9.17) is 9.15 Å². The predicted octanol–water partition coefficient (Wildman–Crippen LogP) is 3.05. The number of methoxy groups -OCH3 is 1. The minimum atomic E-state index is -3.80. The van der Waals surface area contributed by atoms with Gasteiger partial charge in [0.25, 0.3) is 15.9 Å². The van der Waals surface area contributed by atoms with Crippen LogP contribution < -0.4 is 14.8 Å². The molecule has 0 bridgehead atoms. The van der Waals surface area contributed by atoms with Crippen LogP contribution in [0.1, 0.15) is 27.7 Å². The van der Waals surface area contributed by atoms with Crippen molar-refractivity contribution in [1.29, 1.82) is 0 Å². The number of rotatable bonds is 8. The third-order valence-electron chi connectivity index (χ3n) is 4.52. The summed E-state index contributed by atoms with van der Waals surface area (Å²) in [6.07, 6.45) is 0.390. The Morgan fingerprint density at radius 3 is 2.33 bits per heavy atom. The molecule has 0 aliphatic heterocycles. The number of amides is 1. The summed E-state index contributed by atoms with van der Waals surface area (Å²) in [7, 11) is -0.992. The van der Waals surface area contributed by atoms with E-state index in [-0.39, 0.29) is 16.7 Å². The third kappa shape index (κ3) is 5.05. The summed E-state index contributed by atoms with van der Waals surface area (Å²) in [6, 6.07) is 15.2. The fraction of sp³-hybridized carbons (Fsp3) is 0.190. The van der Waals surface area contributed by atoms with Crippen molar-refractivity contribution in [2.24, 2.45) is 0 Å². The summed E-state index contributed by atoms with van der Waals surface area (Å²) in [5.41, 5.74) is 1.61. The van der Waals surface area contributed by atoms with Crippen molar-refractivity contribution in [2.75, 3.05) is 14.2 Å². The first-order valence-corrected chi connectivity index (χ1v) is 10.5. The van der Waals surface area contributed by atoms with Gasteiger partial charge in [0, 0.05) is 0 Å². The molecule has 0 aliphatic rings. The zero-order valence-electron chi connectivity index (χ0n) is 16.4. The first-order chi connectivity index (χ1) is 14.3. The summed E-state index contributed by atoms with van der Waals surface area (Å²) in [6.45, 7) is 0. The highest BCUT2D eigenvalue weighted by atomic mass is 32.2. The van der Waals surface area contributed by atoms with Gasteiger partial charge < -0.3 is 14.5 Å². The molecule has 1 unspecified atom stereocenters. The number of benzene rings is 2. The molecule has 0 saturated heterocycles. The molecule has 0 radical (unpaired) electrons. The van der Waals surface area contributed by atoms with Crippen molar-refractivity contribution >= 4 is 15.9 Å². The standard InChI is InChI=1S/C21H21FN2O5S/c1-23-30(26,27)20-12-11-19(29-20)21(25)24-18(13-14-3-7-16(22)8-4-14)15-5-9-17(28-2)10-6-15/h3-12,18,23H,13H2,1-2H3,(H,24,25). The molecule has 0 saturated carbocycles. The zero-order valence-corrected chi connectivity index (χ0v) is 17.2. The Kier molecular flexibility index (Phi) is 6.53. The number of ether oxygens (including phenoxy) is 1. The van der Waals surface area contributed by atoms with Gasteiger partial charge in [-0.2, -0.15) is 0 Å². The van der Waals surface area contributed by atoms with E-state index in [0.717, 1.165) is 11.1 Å². The number of halogens is 1. The van der Waals surface area contributed by atoms with E-state index in [1.807, 2.05) is 12.1 Å². The van der Waals surface area contributed by atoms with Gasteiger partial charge in [-0.3, -0.25) is 4.79 Å². The van der Waals surface area contributed by atoms with Crippen molar-refractivity contribution in [3.63, 3.8) is 0 Å². The van der Waals surface area contributed by atoms with Crippen LogP contribution in [0.2, 0.25) is 0 Å². The van der Waals surface area contributed by atoms with E-state index in [0.29, 0.717) is 12.2 Å². The molecule has 3 aromatic rings. The predicted molar refractivity (Wildman–Crippen MR) is 108 cm³/mol. The molecule has 7 nitrogen and oxygen atoms in total. The molecule has 2 N–H and O–H groups in total. The smallest absolute Gasteiger partial charge is 0.287 e. The van der Waals surface area contributed by atoms with Gasteiger partial charge in [0.2, 0.25) is 5.09 Å². The Hall–Kier alpha value is -3.17. The number of furan rings is 1. The topological polar surface area (TPSA) is 97.6 Å². The number of hydrogen-bond donors (Lipinski definition) is 2. The van der Waals surface area contributed by atoms with Crippen LogP contribution in [0.3, 0.4) is 0 Å². The minimum Gasteiger partial charge on any atom is -0.497 e. The molecule has 0 fully saturated rings. The molecular formula is C21H21FN2O5S. The lowest BCUT2D eigenvalue weighted by molar-refractivity contribution is 0.0903. The summed E-state index contributed by atoms with van der Waals surface area (Å²) in [4.78, 5) is 12.7. The molecule has 1 amide bonds. The van der Waals surface area contributed by atoms with E-state index in [2.05, 4.69) is 10.0 Å². The Morgan fingerprint density at radius 2 is 1.73 bits per heavy atom. The average molecular weight is 432 g/mol. The average Bonchev–Trinajstić information content (AvgIpc) is 3.26. The van der Waals surface area contributed by atoms with Crippen molar-refractivity contribution in [3.05, 3.63) is 83.4 Å². The largest absolute Gasteiger partial charge is 0.497 e. The Balaban J connectivity index is 1.85. The first kappa shape index (κ1) is 21.5. The quantitative estimate of drug-likeness (QED) is 0.570. The highest BCUT2D eigenvalue weighted by Crippen LogP contribution is 2.23. The lowest BCUT2D eigenvalue weighted by Crippen LogP contribution is -2.29. The maximum atomic E-state index is 13.2. The van der Waals surface area contributed by atoms with Gasteiger partial charge >= 0.3 is 0 Å². The summed E-state index contributed by atoms with van der Waals surface area (Å²) < 4.78 is 49.4. The van der Waals surface area contributed by atoms with Crippen LogP contribution in [-0.2, 0) is 16.4 Å². The fourth-order valence-electron chi connectivity index (χ4n) is 2.86. The van der Waals surface area contributed by atoms with E-state index < -0.39 is 22.0 Å². The van der Waals surface area contributed by atoms with Gasteiger partial charge in [0.05, 0.1) is 13.2 Å². The van der Waals surface area contributed by atoms with E-state index in [1.54, 1.807) is 31.4 Å². The Labute approximate surface area is 173 Å². The molecule has 0 aliphatic carbocycles. The Morgan fingerprint density at radius 1 is 1.07 bits per heavy atom. The number of nitrogens with one attached hydrogen (secondary N) is 2. The minimum absolute atomic E-state index is 0.138. The van der Waals surface area contributed by atoms with Crippen LogP contribution in [0, 0.1) is 5.82 Å². The van der Waals surface area contributed by atoms with Gasteiger partial charge in [0.1, 0.15) is 11.6 Å². The number of carbonyl (C=O) groups excluding carboxylic acids is 1. The molecule has 30 heavy (non-hydrogen) atoms. The van der Waals surface area contributed by atoms with Gasteiger partial charge in [-0.25, -0.2) is 17.5 Å². The summed E-state index contributed by atoms with van der Waals surface area (Å²) in [5.74, 6) is -0.395. The van der Waals surface area contributed by atoms with E-state index in [9.17, 15) is 17.6 Å². The highest BCUT2D eigenvalue weighted by Gasteiger charge is 2.22. The second-order valence-corrected chi connectivity index (χ2v) is 8.27. The molecule has 1 heterocycles. The van der Waals surface area contributed by atoms with Crippen molar-refractivity contribution in [1.82, 2.24) is 10.0 Å². The van der Waals surface area contributed by atoms with Gasteiger partial charge in [0.15, 0.2) is 5.76 Å². The van der Waals surface area contributed by atoms with E-state index in [1.165, 1.54) is 31.3 Å². The monoisotopic (exact) mass is 432 g/mol. The van der Waals surface area contributed by atoms with E-state index >= 15 is 0 Å². The van der Waals surface area contributed by atoms with Gasteiger partial charge in [-0.05, 0) is 61.0 Å². The van der Waals surface area contributed by atoms with Crippen molar-refractivity contribution in [2.45, 2.75) is 17.6 Å². The van der Waals surface area contributed by atoms with Crippen LogP contribution in [0.25, 0.3) is 0 Å². The maximum absolute atomic E-state index is 13.2. The SMILES string of the molecule is CNS(=O)(=O)c1ccc(C(=O)NC(Cc2ccc(F)cc2)c2ccc(OC)cc2)o1. The normalized spacial score (nSPS) is 12.4. The van der Waals surface area contributed by atoms with Crippen LogP contribution >= 0.6 is 0 Å². The second-order valence-electron chi connectivity index (χ2n) is 6.46. The van der Waals surface area contributed by atoms with Crippen LogP contribution in [0.5, 0.6) is 5.75 Å². The molecule has 9 heteroatoms. The second kappa shape index (κ2) is 9.10. The lowest BCUT2D eigenvalue weighted by atomic mass is 9.98. The van der Waals surface area contributed by atoms with Crippen LogP contribution in [0.15, 0.2) is 70.2 Å². The molecule has 1 aromatic heterocycles.